The molecule has 136 valence electrons. The monoisotopic (exact) mass is 373 g/mol. The quantitative estimate of drug-likeness (QED) is 0.770. The van der Waals surface area contributed by atoms with Gasteiger partial charge in [-0.1, -0.05) is 18.2 Å². The minimum absolute atomic E-state index is 0.0993. The summed E-state index contributed by atoms with van der Waals surface area (Å²) in [6.07, 6.45) is 0. The Morgan fingerprint density at radius 1 is 1.04 bits per heavy atom. The van der Waals surface area contributed by atoms with E-state index in [1.807, 2.05) is 0 Å². The first-order chi connectivity index (χ1) is 11.9. The van der Waals surface area contributed by atoms with E-state index in [0.717, 1.165) is 0 Å². The number of para-hydroxylation sites is 1. The van der Waals surface area contributed by atoms with Gasteiger partial charge in [-0.25, -0.2) is 13.1 Å². The van der Waals surface area contributed by atoms with Gasteiger partial charge >= 0.3 is 6.61 Å². The topological polar surface area (TPSA) is 73.9 Å². The SMILES string of the molecule is COc1ccc(OC)c(S(=O)(=O)NCc2ccccc2OC(F)F)c1. The molecule has 2 rings (SSSR count). The van der Waals surface area contributed by atoms with Gasteiger partial charge in [-0.05, 0) is 18.2 Å². The minimum Gasteiger partial charge on any atom is -0.497 e. The first-order valence-corrected chi connectivity index (χ1v) is 8.60. The third kappa shape index (κ3) is 4.80. The normalized spacial score (nSPS) is 11.4. The molecule has 0 spiro atoms. The van der Waals surface area contributed by atoms with Crippen molar-refractivity contribution in [2.45, 2.75) is 18.1 Å². The van der Waals surface area contributed by atoms with Crippen LogP contribution in [0.2, 0.25) is 0 Å². The molecule has 1 N–H and O–H groups in total. The highest BCUT2D eigenvalue weighted by atomic mass is 32.2. The van der Waals surface area contributed by atoms with Gasteiger partial charge in [-0.2, -0.15) is 8.78 Å². The largest absolute Gasteiger partial charge is 0.497 e. The molecular formula is C16H17F2NO5S. The van der Waals surface area contributed by atoms with Crippen LogP contribution in [0.1, 0.15) is 5.56 Å². The van der Waals surface area contributed by atoms with Gasteiger partial charge in [0.05, 0.1) is 14.2 Å². The van der Waals surface area contributed by atoms with Gasteiger partial charge in [0.25, 0.3) is 0 Å². The van der Waals surface area contributed by atoms with E-state index in [4.69, 9.17) is 9.47 Å². The Bertz CT molecular complexity index is 827. The zero-order valence-electron chi connectivity index (χ0n) is 13.5. The van der Waals surface area contributed by atoms with Crippen LogP contribution >= 0.6 is 0 Å². The lowest BCUT2D eigenvalue weighted by molar-refractivity contribution is -0.0504. The van der Waals surface area contributed by atoms with E-state index in [1.54, 1.807) is 12.1 Å². The number of rotatable bonds is 8. The Kier molecular flexibility index (Phi) is 6.16. The Labute approximate surface area is 144 Å². The van der Waals surface area contributed by atoms with Crippen LogP contribution < -0.4 is 18.9 Å². The van der Waals surface area contributed by atoms with Gasteiger partial charge in [-0.3, -0.25) is 0 Å². The van der Waals surface area contributed by atoms with E-state index in [2.05, 4.69) is 9.46 Å². The highest BCUT2D eigenvalue weighted by molar-refractivity contribution is 7.89. The van der Waals surface area contributed by atoms with Crippen molar-refractivity contribution in [3.63, 3.8) is 0 Å². The molecule has 0 aliphatic carbocycles. The second-order valence-electron chi connectivity index (χ2n) is 4.83. The van der Waals surface area contributed by atoms with Crippen LogP contribution in [0, 0.1) is 0 Å². The maximum atomic E-state index is 12.6. The first-order valence-electron chi connectivity index (χ1n) is 7.12. The molecule has 0 radical (unpaired) electrons. The lowest BCUT2D eigenvalue weighted by atomic mass is 10.2. The van der Waals surface area contributed by atoms with Crippen molar-refractivity contribution in [2.75, 3.05) is 14.2 Å². The van der Waals surface area contributed by atoms with Crippen molar-refractivity contribution in [1.82, 2.24) is 4.72 Å². The molecular weight excluding hydrogens is 356 g/mol. The third-order valence-electron chi connectivity index (χ3n) is 3.30. The summed E-state index contributed by atoms with van der Waals surface area (Å²) in [6.45, 7) is -3.23. The summed E-state index contributed by atoms with van der Waals surface area (Å²) in [5.74, 6) is 0.367. The number of hydrogen-bond donors (Lipinski definition) is 1. The van der Waals surface area contributed by atoms with E-state index in [1.165, 1.54) is 44.6 Å². The lowest BCUT2D eigenvalue weighted by Crippen LogP contribution is -2.24. The van der Waals surface area contributed by atoms with Crippen LogP contribution in [-0.2, 0) is 16.6 Å². The maximum absolute atomic E-state index is 12.6. The average molecular weight is 373 g/mol. The molecule has 0 atom stereocenters. The molecule has 0 aliphatic rings. The standard InChI is InChI=1S/C16H17F2NO5S/c1-22-12-7-8-14(23-2)15(9-12)25(20,21)19-10-11-5-3-4-6-13(11)24-16(17)18/h3-9,16,19H,10H2,1-2H3. The number of ether oxygens (including phenoxy) is 3. The van der Waals surface area contributed by atoms with Crippen LogP contribution in [0.3, 0.4) is 0 Å². The number of alkyl halides is 2. The highest BCUT2D eigenvalue weighted by Crippen LogP contribution is 2.28. The molecule has 0 amide bonds. The predicted molar refractivity (Wildman–Crippen MR) is 86.6 cm³/mol. The number of hydrogen-bond acceptors (Lipinski definition) is 5. The van der Waals surface area contributed by atoms with Gasteiger partial charge in [0, 0.05) is 18.2 Å². The summed E-state index contributed by atoms with van der Waals surface area (Å²) in [4.78, 5) is -0.124. The number of nitrogens with one attached hydrogen (secondary N) is 1. The van der Waals surface area contributed by atoms with E-state index in [9.17, 15) is 17.2 Å². The lowest BCUT2D eigenvalue weighted by Gasteiger charge is -2.14. The van der Waals surface area contributed by atoms with E-state index in [-0.39, 0.29) is 28.5 Å². The van der Waals surface area contributed by atoms with Crippen molar-refractivity contribution >= 4 is 10.0 Å². The summed E-state index contributed by atoms with van der Waals surface area (Å²) in [6, 6.07) is 10.3. The molecule has 0 fully saturated rings. The van der Waals surface area contributed by atoms with E-state index in [0.29, 0.717) is 5.75 Å². The molecule has 0 saturated heterocycles. The fourth-order valence-corrected chi connectivity index (χ4v) is 3.29. The van der Waals surface area contributed by atoms with Crippen molar-refractivity contribution in [3.05, 3.63) is 48.0 Å². The molecule has 2 aromatic rings. The molecule has 0 heterocycles. The van der Waals surface area contributed by atoms with Crippen molar-refractivity contribution in [3.8, 4) is 17.2 Å². The smallest absolute Gasteiger partial charge is 0.387 e. The second kappa shape index (κ2) is 8.13. The number of methoxy groups -OCH3 is 2. The molecule has 6 nitrogen and oxygen atoms in total. The van der Waals surface area contributed by atoms with Gasteiger partial charge in [0.15, 0.2) is 0 Å². The number of halogens is 2. The summed E-state index contributed by atoms with van der Waals surface area (Å²) >= 11 is 0. The zero-order chi connectivity index (χ0) is 18.4. The Morgan fingerprint density at radius 3 is 2.40 bits per heavy atom. The predicted octanol–water partition coefficient (Wildman–Crippen LogP) is 2.78. The minimum atomic E-state index is -3.98. The molecule has 0 unspecified atom stereocenters. The summed E-state index contributed by atoms with van der Waals surface area (Å²) < 4.78 is 66.8. The third-order valence-corrected chi connectivity index (χ3v) is 4.72. The fraction of sp³-hybridized carbons (Fsp3) is 0.250. The summed E-state index contributed by atoms with van der Waals surface area (Å²) in [5.41, 5.74) is 0.272. The zero-order valence-corrected chi connectivity index (χ0v) is 14.3. The molecule has 2 aromatic carbocycles. The second-order valence-corrected chi connectivity index (χ2v) is 6.56. The molecule has 0 bridgehead atoms. The van der Waals surface area contributed by atoms with Gasteiger partial charge < -0.3 is 14.2 Å². The molecule has 0 aromatic heterocycles. The van der Waals surface area contributed by atoms with Crippen molar-refractivity contribution in [2.24, 2.45) is 0 Å². The molecule has 0 saturated carbocycles. The fourth-order valence-electron chi connectivity index (χ4n) is 2.11. The average Bonchev–Trinajstić information content (AvgIpc) is 2.60. The number of sulfonamides is 1. The van der Waals surface area contributed by atoms with Gasteiger partial charge in [-0.15, -0.1) is 0 Å². The van der Waals surface area contributed by atoms with E-state index >= 15 is 0 Å². The van der Waals surface area contributed by atoms with E-state index < -0.39 is 16.6 Å². The Balaban J connectivity index is 2.26. The van der Waals surface area contributed by atoms with Crippen LogP contribution in [0.15, 0.2) is 47.4 Å². The van der Waals surface area contributed by atoms with Crippen LogP contribution in [0.25, 0.3) is 0 Å². The number of benzene rings is 2. The Hall–Kier alpha value is -2.39. The van der Waals surface area contributed by atoms with Crippen LogP contribution in [0.4, 0.5) is 8.78 Å². The maximum Gasteiger partial charge on any atom is 0.387 e. The van der Waals surface area contributed by atoms with Crippen molar-refractivity contribution < 1.29 is 31.4 Å². The van der Waals surface area contributed by atoms with Crippen LogP contribution in [0.5, 0.6) is 17.2 Å². The summed E-state index contributed by atoms with van der Waals surface area (Å²) in [5, 5.41) is 0. The van der Waals surface area contributed by atoms with Gasteiger partial charge in [0.2, 0.25) is 10.0 Å². The Morgan fingerprint density at radius 2 is 1.76 bits per heavy atom. The summed E-state index contributed by atoms with van der Waals surface area (Å²) in [7, 11) is -1.23. The van der Waals surface area contributed by atoms with Crippen LogP contribution in [-0.4, -0.2) is 29.2 Å². The molecule has 25 heavy (non-hydrogen) atoms. The van der Waals surface area contributed by atoms with Gasteiger partial charge in [0.1, 0.15) is 22.1 Å². The first kappa shape index (κ1) is 18.9. The van der Waals surface area contributed by atoms with Crippen molar-refractivity contribution in [1.29, 1.82) is 0 Å². The molecule has 0 aliphatic heterocycles. The molecule has 9 heteroatoms. The highest BCUT2D eigenvalue weighted by Gasteiger charge is 2.21.